The smallest absolute Gasteiger partial charge is 0.321 e. The van der Waals surface area contributed by atoms with Crippen molar-refractivity contribution in [3.63, 3.8) is 0 Å². The van der Waals surface area contributed by atoms with E-state index < -0.39 is 23.9 Å². The Kier molecular flexibility index (Phi) is 5.59. The van der Waals surface area contributed by atoms with E-state index in [4.69, 9.17) is 0 Å². The van der Waals surface area contributed by atoms with Crippen molar-refractivity contribution in [2.45, 2.75) is 31.4 Å². The number of rotatable bonds is 5. The Morgan fingerprint density at radius 3 is 2.34 bits per heavy atom. The minimum Gasteiger partial charge on any atom is -0.345 e. The highest BCUT2D eigenvalue weighted by molar-refractivity contribution is 6.00. The van der Waals surface area contributed by atoms with Crippen LogP contribution in [0.4, 0.5) is 18.9 Å². The molecule has 0 saturated carbocycles. The average molecular weight is 477 g/mol. The molecule has 0 radical (unpaired) electrons. The lowest BCUT2D eigenvalue weighted by Crippen LogP contribution is -2.46. The van der Waals surface area contributed by atoms with E-state index in [-0.39, 0.29) is 18.1 Å². The number of hydrogen-bond donors (Lipinski definition) is 1. The number of benzene rings is 3. The lowest BCUT2D eigenvalue weighted by Gasteiger charge is -2.29. The predicted molar refractivity (Wildman–Crippen MR) is 127 cm³/mol. The van der Waals surface area contributed by atoms with Crippen molar-refractivity contribution in [3.05, 3.63) is 96.4 Å². The van der Waals surface area contributed by atoms with Gasteiger partial charge in [-0.2, -0.15) is 8.78 Å². The van der Waals surface area contributed by atoms with Gasteiger partial charge in [0.05, 0.1) is 17.6 Å². The molecule has 1 saturated heterocycles. The maximum absolute atomic E-state index is 13.6. The number of amides is 2. The Morgan fingerprint density at radius 2 is 1.66 bits per heavy atom. The molecule has 1 fully saturated rings. The maximum atomic E-state index is 13.6. The standard InChI is InChI=1S/C27H22F3N3O2/c1-27(29,30)26(35)31-22-16-24(34)33(25(22)17-5-3-2-4-6-17)21-11-12-23-18(15-21)13-14-32(23)20-9-7-19(28)8-10-20/h2-15,22,25H,16H2,1H3,(H,31,35)/t22-,25?/m0/s1. The van der Waals surface area contributed by atoms with E-state index in [1.54, 1.807) is 35.2 Å². The van der Waals surface area contributed by atoms with Crippen molar-refractivity contribution in [1.29, 1.82) is 0 Å². The number of aromatic nitrogens is 1. The van der Waals surface area contributed by atoms with Gasteiger partial charge in [-0.3, -0.25) is 9.59 Å². The van der Waals surface area contributed by atoms with Crippen LogP contribution in [0.5, 0.6) is 0 Å². The third-order valence-electron chi connectivity index (χ3n) is 6.24. The molecule has 2 amide bonds. The summed E-state index contributed by atoms with van der Waals surface area (Å²) in [5, 5.41) is 3.23. The summed E-state index contributed by atoms with van der Waals surface area (Å²) >= 11 is 0. The molecule has 2 heterocycles. The Labute approximate surface area is 199 Å². The molecule has 8 heteroatoms. The van der Waals surface area contributed by atoms with Gasteiger partial charge in [0.15, 0.2) is 0 Å². The molecule has 1 aliphatic rings. The molecule has 1 unspecified atom stereocenters. The molecule has 178 valence electrons. The minimum atomic E-state index is -3.56. The molecule has 5 rings (SSSR count). The molecule has 1 aliphatic heterocycles. The molecule has 5 nitrogen and oxygen atoms in total. The summed E-state index contributed by atoms with van der Waals surface area (Å²) < 4.78 is 42.5. The minimum absolute atomic E-state index is 0.101. The van der Waals surface area contributed by atoms with Gasteiger partial charge < -0.3 is 14.8 Å². The van der Waals surface area contributed by atoms with Crippen LogP contribution in [-0.4, -0.2) is 28.3 Å². The van der Waals surface area contributed by atoms with Crippen molar-refractivity contribution in [1.82, 2.24) is 9.88 Å². The van der Waals surface area contributed by atoms with Gasteiger partial charge in [-0.25, -0.2) is 4.39 Å². The average Bonchev–Trinajstić information content (AvgIpc) is 3.39. The van der Waals surface area contributed by atoms with E-state index >= 15 is 0 Å². The SMILES string of the molecule is CC(F)(F)C(=O)N[C@H]1CC(=O)N(c2ccc3c(ccn3-c3ccc(F)cc3)c2)C1c1ccccc1. The second-order valence-corrected chi connectivity index (χ2v) is 8.70. The normalized spacial score (nSPS) is 18.3. The van der Waals surface area contributed by atoms with E-state index in [9.17, 15) is 22.8 Å². The number of anilines is 1. The Balaban J connectivity index is 1.53. The highest BCUT2D eigenvalue weighted by atomic mass is 19.3. The lowest BCUT2D eigenvalue weighted by atomic mass is 9.99. The molecule has 2 atom stereocenters. The molecule has 0 spiro atoms. The number of halogens is 3. The van der Waals surface area contributed by atoms with Crippen molar-refractivity contribution >= 4 is 28.4 Å². The lowest BCUT2D eigenvalue weighted by molar-refractivity contribution is -0.143. The number of alkyl halides is 2. The number of carbonyl (C=O) groups is 2. The van der Waals surface area contributed by atoms with Gasteiger partial charge in [-0.1, -0.05) is 30.3 Å². The van der Waals surface area contributed by atoms with Crippen LogP contribution >= 0.6 is 0 Å². The summed E-state index contributed by atoms with van der Waals surface area (Å²) in [5.41, 5.74) is 2.97. The number of nitrogens with one attached hydrogen (secondary N) is 1. The second-order valence-electron chi connectivity index (χ2n) is 8.70. The van der Waals surface area contributed by atoms with Crippen LogP contribution in [-0.2, 0) is 9.59 Å². The first-order valence-electron chi connectivity index (χ1n) is 11.2. The zero-order valence-electron chi connectivity index (χ0n) is 18.8. The fraction of sp³-hybridized carbons (Fsp3) is 0.185. The molecule has 0 bridgehead atoms. The Bertz CT molecular complexity index is 1390. The van der Waals surface area contributed by atoms with Crippen LogP contribution in [0.3, 0.4) is 0 Å². The third kappa shape index (κ3) is 4.27. The molecular formula is C27H22F3N3O2. The van der Waals surface area contributed by atoms with E-state index in [0.717, 1.165) is 22.2 Å². The highest BCUT2D eigenvalue weighted by Crippen LogP contribution is 2.39. The van der Waals surface area contributed by atoms with E-state index in [1.165, 1.54) is 12.1 Å². The second kappa shape index (κ2) is 8.61. The maximum Gasteiger partial charge on any atom is 0.321 e. The van der Waals surface area contributed by atoms with Crippen molar-refractivity contribution < 1.29 is 22.8 Å². The van der Waals surface area contributed by atoms with Crippen molar-refractivity contribution in [2.24, 2.45) is 0 Å². The molecule has 35 heavy (non-hydrogen) atoms. The summed E-state index contributed by atoms with van der Waals surface area (Å²) in [6.45, 7) is 0.536. The number of carbonyl (C=O) groups excluding carboxylic acids is 2. The van der Waals surface area contributed by atoms with Crippen LogP contribution in [0, 0.1) is 5.82 Å². The highest BCUT2D eigenvalue weighted by Gasteiger charge is 2.45. The fourth-order valence-corrected chi connectivity index (χ4v) is 4.60. The fourth-order valence-electron chi connectivity index (χ4n) is 4.60. The summed E-state index contributed by atoms with van der Waals surface area (Å²) in [6.07, 6.45) is 1.75. The molecule has 3 aromatic carbocycles. The molecular weight excluding hydrogens is 455 g/mol. The zero-order valence-corrected chi connectivity index (χ0v) is 18.8. The zero-order chi connectivity index (χ0) is 24.7. The van der Waals surface area contributed by atoms with Crippen LogP contribution in [0.1, 0.15) is 24.9 Å². The van der Waals surface area contributed by atoms with Gasteiger partial charge in [0.2, 0.25) is 5.91 Å². The van der Waals surface area contributed by atoms with Crippen molar-refractivity contribution in [2.75, 3.05) is 4.90 Å². The topological polar surface area (TPSA) is 54.3 Å². The Hall–Kier alpha value is -4.07. The molecule has 0 aliphatic carbocycles. The van der Waals surface area contributed by atoms with E-state index in [0.29, 0.717) is 12.6 Å². The predicted octanol–water partition coefficient (Wildman–Crippen LogP) is 5.39. The van der Waals surface area contributed by atoms with Gasteiger partial charge in [0.25, 0.3) is 5.91 Å². The quantitative estimate of drug-likeness (QED) is 0.419. The van der Waals surface area contributed by atoms with E-state index in [1.807, 2.05) is 47.2 Å². The number of hydrogen-bond acceptors (Lipinski definition) is 2. The van der Waals surface area contributed by atoms with Gasteiger partial charge in [0.1, 0.15) is 5.82 Å². The number of fused-ring (bicyclic) bond motifs is 1. The summed E-state index contributed by atoms with van der Waals surface area (Å²) in [6, 6.07) is 21.1. The third-order valence-corrected chi connectivity index (χ3v) is 6.24. The summed E-state index contributed by atoms with van der Waals surface area (Å²) in [4.78, 5) is 26.8. The van der Waals surface area contributed by atoms with Crippen LogP contribution < -0.4 is 10.2 Å². The van der Waals surface area contributed by atoms with Crippen molar-refractivity contribution in [3.8, 4) is 5.69 Å². The Morgan fingerprint density at radius 1 is 0.971 bits per heavy atom. The largest absolute Gasteiger partial charge is 0.345 e. The van der Waals surface area contributed by atoms with Gasteiger partial charge >= 0.3 is 5.92 Å². The summed E-state index contributed by atoms with van der Waals surface area (Å²) in [5.74, 6) is -5.57. The molecule has 4 aromatic rings. The molecule has 1 N–H and O–H groups in total. The van der Waals surface area contributed by atoms with Crippen LogP contribution in [0.2, 0.25) is 0 Å². The monoisotopic (exact) mass is 477 g/mol. The number of nitrogens with zero attached hydrogens (tertiary/aromatic N) is 2. The van der Waals surface area contributed by atoms with Gasteiger partial charge in [-0.05, 0) is 54.1 Å². The molecule has 1 aromatic heterocycles. The van der Waals surface area contributed by atoms with Gasteiger partial charge in [-0.15, -0.1) is 0 Å². The van der Waals surface area contributed by atoms with Gasteiger partial charge in [0, 0.05) is 36.3 Å². The van der Waals surface area contributed by atoms with Crippen LogP contribution in [0.15, 0.2) is 85.1 Å². The van der Waals surface area contributed by atoms with Crippen LogP contribution in [0.25, 0.3) is 16.6 Å². The van der Waals surface area contributed by atoms with E-state index in [2.05, 4.69) is 5.32 Å². The first-order chi connectivity index (χ1) is 16.7. The first kappa shape index (κ1) is 22.7. The summed E-state index contributed by atoms with van der Waals surface area (Å²) in [7, 11) is 0. The first-order valence-corrected chi connectivity index (χ1v) is 11.2.